The lowest BCUT2D eigenvalue weighted by atomic mass is 10.0. The Hall–Kier alpha value is -3.09. The summed E-state index contributed by atoms with van der Waals surface area (Å²) in [4.78, 5) is 36.4. The van der Waals surface area contributed by atoms with Crippen molar-refractivity contribution in [2.24, 2.45) is 5.41 Å². The molecule has 0 radical (unpaired) electrons. The largest absolute Gasteiger partial charge is 0.378 e. The van der Waals surface area contributed by atoms with E-state index in [1.165, 1.54) is 0 Å². The molecule has 1 aromatic heterocycles. The van der Waals surface area contributed by atoms with Gasteiger partial charge in [0.1, 0.15) is 11.2 Å². The average Bonchev–Trinajstić information content (AvgIpc) is 3.56. The third kappa shape index (κ3) is 3.90. The molecule has 7 heteroatoms. The second-order valence-corrected chi connectivity index (χ2v) is 7.94. The maximum Gasteiger partial charge on any atom is 0.240 e. The molecule has 1 aliphatic heterocycles. The van der Waals surface area contributed by atoms with Gasteiger partial charge in [0.25, 0.3) is 0 Å². The monoisotopic (exact) mass is 393 g/mol. The molecular formula is C22H27N5O2. The predicted octanol–water partition coefficient (Wildman–Crippen LogP) is 2.22. The van der Waals surface area contributed by atoms with Crippen LogP contribution < -0.4 is 15.1 Å². The first-order chi connectivity index (χ1) is 14.0. The van der Waals surface area contributed by atoms with Crippen molar-refractivity contribution < 1.29 is 9.59 Å². The van der Waals surface area contributed by atoms with E-state index < -0.39 is 5.41 Å². The van der Waals surface area contributed by atoms with Gasteiger partial charge in [-0.3, -0.25) is 9.59 Å². The summed E-state index contributed by atoms with van der Waals surface area (Å²) >= 11 is 0. The number of nitrogens with zero attached hydrogens (tertiary/aromatic N) is 4. The second kappa shape index (κ2) is 7.73. The van der Waals surface area contributed by atoms with Gasteiger partial charge >= 0.3 is 0 Å². The zero-order valence-electron chi connectivity index (χ0n) is 17.0. The van der Waals surface area contributed by atoms with E-state index in [-0.39, 0.29) is 11.8 Å². The van der Waals surface area contributed by atoms with E-state index >= 15 is 0 Å². The Bertz CT molecular complexity index is 870. The van der Waals surface area contributed by atoms with Crippen molar-refractivity contribution in [2.75, 3.05) is 55.4 Å². The normalized spacial score (nSPS) is 17.6. The maximum absolute atomic E-state index is 13.1. The highest BCUT2D eigenvalue weighted by Gasteiger charge is 2.58. The first-order valence-electron chi connectivity index (χ1n) is 10.0. The molecule has 2 aromatic rings. The van der Waals surface area contributed by atoms with Crippen LogP contribution in [-0.4, -0.2) is 62.0 Å². The second-order valence-electron chi connectivity index (χ2n) is 7.94. The number of pyridine rings is 1. The molecule has 29 heavy (non-hydrogen) atoms. The van der Waals surface area contributed by atoms with Gasteiger partial charge in [-0.1, -0.05) is 6.07 Å². The summed E-state index contributed by atoms with van der Waals surface area (Å²) in [6.45, 7) is 2.68. The Kier molecular flexibility index (Phi) is 5.13. The molecule has 7 nitrogen and oxygen atoms in total. The van der Waals surface area contributed by atoms with E-state index in [1.54, 1.807) is 6.20 Å². The van der Waals surface area contributed by atoms with Crippen molar-refractivity contribution in [1.82, 2.24) is 9.88 Å². The number of benzene rings is 1. The molecule has 1 N–H and O–H groups in total. The Morgan fingerprint density at radius 3 is 2.24 bits per heavy atom. The van der Waals surface area contributed by atoms with Crippen LogP contribution in [0.5, 0.6) is 0 Å². The van der Waals surface area contributed by atoms with Gasteiger partial charge in [0.2, 0.25) is 11.8 Å². The number of anilines is 3. The fourth-order valence-electron chi connectivity index (χ4n) is 3.74. The zero-order valence-corrected chi connectivity index (χ0v) is 17.0. The summed E-state index contributed by atoms with van der Waals surface area (Å²) in [5, 5.41) is 2.94. The SMILES string of the molecule is CN(C)c1ccc(NC(=O)C2(C(=O)N3CCN(c4ccccn4)CC3)CC2)cc1. The molecule has 0 spiro atoms. The Labute approximate surface area is 171 Å². The van der Waals surface area contributed by atoms with Crippen LogP contribution in [0.2, 0.25) is 0 Å². The van der Waals surface area contributed by atoms with E-state index in [9.17, 15) is 9.59 Å². The van der Waals surface area contributed by atoms with Crippen LogP contribution in [0.4, 0.5) is 17.2 Å². The van der Waals surface area contributed by atoms with E-state index in [4.69, 9.17) is 0 Å². The number of hydrogen-bond donors (Lipinski definition) is 1. The number of amides is 2. The highest BCUT2D eigenvalue weighted by molar-refractivity contribution is 6.13. The summed E-state index contributed by atoms with van der Waals surface area (Å²) in [5.74, 6) is 0.701. The summed E-state index contributed by atoms with van der Waals surface area (Å²) < 4.78 is 0. The first-order valence-corrected chi connectivity index (χ1v) is 10.0. The van der Waals surface area contributed by atoms with Crippen molar-refractivity contribution in [3.8, 4) is 0 Å². The minimum Gasteiger partial charge on any atom is -0.378 e. The molecule has 2 amide bonds. The summed E-state index contributed by atoms with van der Waals surface area (Å²) in [6.07, 6.45) is 3.02. The lowest BCUT2D eigenvalue weighted by molar-refractivity contribution is -0.142. The highest BCUT2D eigenvalue weighted by atomic mass is 16.2. The van der Waals surface area contributed by atoms with Crippen molar-refractivity contribution in [1.29, 1.82) is 0 Å². The Morgan fingerprint density at radius 1 is 1.00 bits per heavy atom. The predicted molar refractivity (Wildman–Crippen MR) is 114 cm³/mol. The molecule has 1 aliphatic carbocycles. The molecule has 1 saturated heterocycles. The van der Waals surface area contributed by atoms with Crippen molar-refractivity contribution in [2.45, 2.75) is 12.8 Å². The maximum atomic E-state index is 13.1. The van der Waals surface area contributed by atoms with Gasteiger partial charge in [-0.25, -0.2) is 4.98 Å². The summed E-state index contributed by atoms with van der Waals surface area (Å²) in [6, 6.07) is 13.5. The van der Waals surface area contributed by atoms with Crippen LogP contribution in [0.25, 0.3) is 0 Å². The molecule has 0 unspecified atom stereocenters. The molecule has 4 rings (SSSR count). The molecule has 152 valence electrons. The third-order valence-corrected chi connectivity index (χ3v) is 5.78. The number of rotatable bonds is 5. The highest BCUT2D eigenvalue weighted by Crippen LogP contribution is 2.48. The van der Waals surface area contributed by atoms with E-state index in [0.717, 1.165) is 30.3 Å². The fourth-order valence-corrected chi connectivity index (χ4v) is 3.74. The number of piperazine rings is 1. The van der Waals surface area contributed by atoms with Gasteiger partial charge < -0.3 is 20.0 Å². The molecule has 1 aromatic carbocycles. The number of nitrogens with one attached hydrogen (secondary N) is 1. The minimum atomic E-state index is -0.895. The third-order valence-electron chi connectivity index (χ3n) is 5.78. The lowest BCUT2D eigenvalue weighted by Crippen LogP contribution is -2.52. The number of carbonyl (C=O) groups is 2. The van der Waals surface area contributed by atoms with Crippen LogP contribution in [0, 0.1) is 5.41 Å². The minimum absolute atomic E-state index is 0.0411. The van der Waals surface area contributed by atoms with Gasteiger partial charge in [0, 0.05) is 57.8 Å². The summed E-state index contributed by atoms with van der Waals surface area (Å²) in [7, 11) is 3.94. The Morgan fingerprint density at radius 2 is 1.69 bits per heavy atom. The van der Waals surface area contributed by atoms with E-state index in [1.807, 2.05) is 66.4 Å². The van der Waals surface area contributed by atoms with Crippen LogP contribution in [0.15, 0.2) is 48.7 Å². The molecular weight excluding hydrogens is 366 g/mol. The molecule has 0 bridgehead atoms. The Balaban J connectivity index is 1.36. The van der Waals surface area contributed by atoms with Crippen LogP contribution in [-0.2, 0) is 9.59 Å². The van der Waals surface area contributed by atoms with Gasteiger partial charge in [0.15, 0.2) is 0 Å². The van der Waals surface area contributed by atoms with Crippen LogP contribution in [0.1, 0.15) is 12.8 Å². The van der Waals surface area contributed by atoms with E-state index in [2.05, 4.69) is 15.2 Å². The summed E-state index contributed by atoms with van der Waals surface area (Å²) in [5.41, 5.74) is 0.888. The quantitative estimate of drug-likeness (QED) is 0.789. The number of hydrogen-bond acceptors (Lipinski definition) is 5. The molecule has 0 atom stereocenters. The average molecular weight is 393 g/mol. The van der Waals surface area contributed by atoms with Gasteiger partial charge in [-0.05, 0) is 49.2 Å². The number of aromatic nitrogens is 1. The van der Waals surface area contributed by atoms with Gasteiger partial charge in [-0.2, -0.15) is 0 Å². The van der Waals surface area contributed by atoms with Crippen molar-refractivity contribution in [3.63, 3.8) is 0 Å². The van der Waals surface area contributed by atoms with Gasteiger partial charge in [-0.15, -0.1) is 0 Å². The molecule has 2 aliphatic rings. The number of carbonyl (C=O) groups excluding carboxylic acids is 2. The van der Waals surface area contributed by atoms with Crippen LogP contribution in [0.3, 0.4) is 0 Å². The van der Waals surface area contributed by atoms with Crippen molar-refractivity contribution >= 4 is 29.0 Å². The van der Waals surface area contributed by atoms with E-state index in [0.29, 0.717) is 25.9 Å². The lowest BCUT2D eigenvalue weighted by Gasteiger charge is -2.36. The smallest absolute Gasteiger partial charge is 0.240 e. The van der Waals surface area contributed by atoms with Crippen LogP contribution >= 0.6 is 0 Å². The molecule has 2 heterocycles. The topological polar surface area (TPSA) is 68.8 Å². The van der Waals surface area contributed by atoms with Crippen molar-refractivity contribution in [3.05, 3.63) is 48.7 Å². The molecule has 2 fully saturated rings. The molecule has 1 saturated carbocycles. The van der Waals surface area contributed by atoms with Gasteiger partial charge in [0.05, 0.1) is 0 Å². The fraction of sp³-hybridized carbons (Fsp3) is 0.409. The first kappa shape index (κ1) is 19.2. The standard InChI is InChI=1S/C22H27N5O2/c1-25(2)18-8-6-17(7-9-18)24-20(28)22(10-11-22)21(29)27-15-13-26(14-16-27)19-5-3-4-12-23-19/h3-9,12H,10-11,13-16H2,1-2H3,(H,24,28). The zero-order chi connectivity index (χ0) is 20.4.